The second-order valence-corrected chi connectivity index (χ2v) is 6.81. The third kappa shape index (κ3) is 4.49. The smallest absolute Gasteiger partial charge is 0.248 e. The number of thioether (sulfide) groups is 1. The fourth-order valence-electron chi connectivity index (χ4n) is 2.48. The normalized spacial score (nSPS) is 10.5. The second kappa shape index (κ2) is 8.57. The van der Waals surface area contributed by atoms with E-state index in [0.29, 0.717) is 22.2 Å². The van der Waals surface area contributed by atoms with Crippen molar-refractivity contribution in [2.45, 2.75) is 5.16 Å². The molecule has 9 heteroatoms. The maximum absolute atomic E-state index is 12.2. The molecule has 0 aliphatic carbocycles. The van der Waals surface area contributed by atoms with Gasteiger partial charge in [0.1, 0.15) is 5.75 Å². The zero-order chi connectivity index (χ0) is 20.1. The first-order chi connectivity index (χ1) is 13.5. The van der Waals surface area contributed by atoms with E-state index in [4.69, 9.17) is 10.5 Å². The van der Waals surface area contributed by atoms with Crippen molar-refractivity contribution in [2.75, 3.05) is 18.2 Å². The maximum Gasteiger partial charge on any atom is 0.248 e. The largest absolute Gasteiger partial charge is 0.497 e. The molecule has 3 aromatic rings. The standard InChI is InChI=1S/C19H19N5O3S/c1-24-18(13-5-3-12(4-6-13)17(20)26)22-23-19(24)28-11-16(25)21-14-7-9-15(27-2)10-8-14/h3-10H,11H2,1-2H3,(H2,20,26)(H,21,25). The van der Waals surface area contributed by atoms with Crippen molar-refractivity contribution >= 4 is 29.3 Å². The Kier molecular flexibility index (Phi) is 5.95. The molecule has 0 aliphatic rings. The summed E-state index contributed by atoms with van der Waals surface area (Å²) in [5, 5.41) is 11.7. The molecule has 8 nitrogen and oxygen atoms in total. The molecule has 0 unspecified atom stereocenters. The number of primary amides is 1. The molecule has 0 atom stereocenters. The van der Waals surface area contributed by atoms with Crippen LogP contribution >= 0.6 is 11.8 Å². The molecule has 0 fully saturated rings. The first-order valence-electron chi connectivity index (χ1n) is 8.34. The van der Waals surface area contributed by atoms with Gasteiger partial charge in [-0.3, -0.25) is 9.59 Å². The van der Waals surface area contributed by atoms with Gasteiger partial charge in [-0.2, -0.15) is 0 Å². The van der Waals surface area contributed by atoms with E-state index in [-0.39, 0.29) is 11.7 Å². The highest BCUT2D eigenvalue weighted by atomic mass is 32.2. The Morgan fingerprint density at radius 3 is 2.39 bits per heavy atom. The van der Waals surface area contributed by atoms with Crippen molar-refractivity contribution in [2.24, 2.45) is 12.8 Å². The number of benzene rings is 2. The molecule has 0 bridgehead atoms. The number of ether oxygens (including phenoxy) is 1. The number of aromatic nitrogens is 3. The Balaban J connectivity index is 1.62. The molecule has 28 heavy (non-hydrogen) atoms. The third-order valence-corrected chi connectivity index (χ3v) is 4.99. The number of rotatable bonds is 7. The fraction of sp³-hybridized carbons (Fsp3) is 0.158. The lowest BCUT2D eigenvalue weighted by molar-refractivity contribution is -0.113. The van der Waals surface area contributed by atoms with Crippen LogP contribution < -0.4 is 15.8 Å². The molecule has 0 radical (unpaired) electrons. The van der Waals surface area contributed by atoms with Crippen molar-refractivity contribution in [1.82, 2.24) is 14.8 Å². The zero-order valence-corrected chi connectivity index (χ0v) is 16.2. The molecule has 1 heterocycles. The van der Waals surface area contributed by atoms with E-state index in [0.717, 1.165) is 11.3 Å². The van der Waals surface area contributed by atoms with Gasteiger partial charge in [0.2, 0.25) is 11.8 Å². The highest BCUT2D eigenvalue weighted by molar-refractivity contribution is 7.99. The van der Waals surface area contributed by atoms with E-state index in [2.05, 4.69) is 15.5 Å². The van der Waals surface area contributed by atoms with Crippen molar-refractivity contribution in [3.8, 4) is 17.1 Å². The highest BCUT2D eigenvalue weighted by Gasteiger charge is 2.13. The molecule has 3 rings (SSSR count). The Labute approximate surface area is 166 Å². The van der Waals surface area contributed by atoms with Crippen molar-refractivity contribution in [3.63, 3.8) is 0 Å². The SMILES string of the molecule is COc1ccc(NC(=O)CSc2nnc(-c3ccc(C(N)=O)cc3)n2C)cc1. The Morgan fingerprint density at radius 1 is 1.11 bits per heavy atom. The molecule has 1 aromatic heterocycles. The van der Waals surface area contributed by atoms with Gasteiger partial charge in [-0.1, -0.05) is 23.9 Å². The second-order valence-electron chi connectivity index (χ2n) is 5.87. The van der Waals surface area contributed by atoms with Crippen LogP contribution in [0.15, 0.2) is 53.7 Å². The number of hydrogen-bond acceptors (Lipinski definition) is 6. The van der Waals surface area contributed by atoms with Crippen LogP contribution in [-0.2, 0) is 11.8 Å². The van der Waals surface area contributed by atoms with Gasteiger partial charge in [-0.05, 0) is 36.4 Å². The van der Waals surface area contributed by atoms with Crippen molar-refractivity contribution in [1.29, 1.82) is 0 Å². The first-order valence-corrected chi connectivity index (χ1v) is 9.33. The van der Waals surface area contributed by atoms with Crippen LogP contribution in [0.2, 0.25) is 0 Å². The minimum absolute atomic E-state index is 0.148. The summed E-state index contributed by atoms with van der Waals surface area (Å²) < 4.78 is 6.89. The topological polar surface area (TPSA) is 112 Å². The lowest BCUT2D eigenvalue weighted by atomic mass is 10.1. The van der Waals surface area contributed by atoms with E-state index in [9.17, 15) is 9.59 Å². The lowest BCUT2D eigenvalue weighted by Crippen LogP contribution is -2.14. The summed E-state index contributed by atoms with van der Waals surface area (Å²) in [4.78, 5) is 23.3. The Bertz CT molecular complexity index is 984. The minimum Gasteiger partial charge on any atom is -0.497 e. The van der Waals surface area contributed by atoms with Gasteiger partial charge in [0.25, 0.3) is 0 Å². The maximum atomic E-state index is 12.2. The summed E-state index contributed by atoms with van der Waals surface area (Å²) in [5.41, 5.74) is 7.18. The van der Waals surface area contributed by atoms with Crippen LogP contribution in [0.4, 0.5) is 5.69 Å². The summed E-state index contributed by atoms with van der Waals surface area (Å²) in [7, 11) is 3.41. The van der Waals surface area contributed by atoms with E-state index >= 15 is 0 Å². The van der Waals surface area contributed by atoms with Crippen LogP contribution in [0.25, 0.3) is 11.4 Å². The van der Waals surface area contributed by atoms with Crippen LogP contribution in [0.1, 0.15) is 10.4 Å². The number of carbonyl (C=O) groups is 2. The van der Waals surface area contributed by atoms with Crippen molar-refractivity contribution in [3.05, 3.63) is 54.1 Å². The van der Waals surface area contributed by atoms with Crippen LogP contribution in [-0.4, -0.2) is 39.4 Å². The van der Waals surface area contributed by atoms with Gasteiger partial charge in [0.05, 0.1) is 12.9 Å². The number of nitrogens with two attached hydrogens (primary N) is 1. The number of amides is 2. The van der Waals surface area contributed by atoms with Crippen LogP contribution in [0, 0.1) is 0 Å². The predicted molar refractivity (Wildman–Crippen MR) is 107 cm³/mol. The summed E-state index contributed by atoms with van der Waals surface area (Å²) >= 11 is 1.28. The van der Waals surface area contributed by atoms with E-state index in [1.54, 1.807) is 60.2 Å². The number of nitrogens with one attached hydrogen (secondary N) is 1. The van der Waals surface area contributed by atoms with E-state index in [1.165, 1.54) is 11.8 Å². The molecule has 3 N–H and O–H groups in total. The van der Waals surface area contributed by atoms with Gasteiger partial charge in [0.15, 0.2) is 11.0 Å². The molecule has 0 saturated heterocycles. The van der Waals surface area contributed by atoms with Gasteiger partial charge in [-0.15, -0.1) is 10.2 Å². The molecule has 144 valence electrons. The lowest BCUT2D eigenvalue weighted by Gasteiger charge is -2.07. The number of nitrogens with zero attached hydrogens (tertiary/aromatic N) is 3. The predicted octanol–water partition coefficient (Wildman–Crippen LogP) is 2.32. The Morgan fingerprint density at radius 2 is 1.79 bits per heavy atom. The fourth-order valence-corrected chi connectivity index (χ4v) is 3.19. The van der Waals surface area contributed by atoms with Crippen LogP contribution in [0.3, 0.4) is 0 Å². The van der Waals surface area contributed by atoms with E-state index < -0.39 is 5.91 Å². The number of methoxy groups -OCH3 is 1. The van der Waals surface area contributed by atoms with Gasteiger partial charge in [-0.25, -0.2) is 0 Å². The molecule has 2 aromatic carbocycles. The number of hydrogen-bond donors (Lipinski definition) is 2. The first kappa shape index (κ1) is 19.4. The molecular weight excluding hydrogens is 378 g/mol. The number of carbonyl (C=O) groups excluding carboxylic acids is 2. The molecule has 0 spiro atoms. The van der Waals surface area contributed by atoms with Gasteiger partial charge < -0.3 is 20.4 Å². The molecular formula is C19H19N5O3S. The van der Waals surface area contributed by atoms with Gasteiger partial charge in [0, 0.05) is 23.9 Å². The highest BCUT2D eigenvalue weighted by Crippen LogP contribution is 2.23. The minimum atomic E-state index is -0.483. The van der Waals surface area contributed by atoms with Crippen molar-refractivity contribution < 1.29 is 14.3 Å². The Hall–Kier alpha value is -3.33. The number of anilines is 1. The summed E-state index contributed by atoms with van der Waals surface area (Å²) in [6.45, 7) is 0. The summed E-state index contributed by atoms with van der Waals surface area (Å²) in [6, 6.07) is 13.9. The molecule has 0 aliphatic heterocycles. The van der Waals surface area contributed by atoms with Gasteiger partial charge >= 0.3 is 0 Å². The monoisotopic (exact) mass is 397 g/mol. The third-order valence-electron chi connectivity index (χ3n) is 3.97. The average molecular weight is 397 g/mol. The quantitative estimate of drug-likeness (QED) is 0.592. The molecule has 0 saturated carbocycles. The summed E-state index contributed by atoms with van der Waals surface area (Å²) in [6.07, 6.45) is 0. The van der Waals surface area contributed by atoms with Crippen LogP contribution in [0.5, 0.6) is 5.75 Å². The summed E-state index contributed by atoms with van der Waals surface area (Å²) in [5.74, 6) is 0.921. The van der Waals surface area contributed by atoms with E-state index in [1.807, 2.05) is 7.05 Å². The zero-order valence-electron chi connectivity index (χ0n) is 15.4. The average Bonchev–Trinajstić information content (AvgIpc) is 3.07. The molecule has 2 amide bonds.